The third-order valence-corrected chi connectivity index (χ3v) is 5.66. The van der Waals surface area contributed by atoms with Crippen molar-refractivity contribution in [2.24, 2.45) is 0 Å². The van der Waals surface area contributed by atoms with Gasteiger partial charge in [0.2, 0.25) is 0 Å². The van der Waals surface area contributed by atoms with Crippen molar-refractivity contribution in [2.45, 2.75) is 44.9 Å². The summed E-state index contributed by atoms with van der Waals surface area (Å²) in [6.07, 6.45) is 4.32. The molecule has 0 spiro atoms. The molecule has 1 fully saturated rings. The van der Waals surface area contributed by atoms with Crippen LogP contribution in [0.2, 0.25) is 0 Å². The molecule has 2 aromatic carbocycles. The van der Waals surface area contributed by atoms with Crippen LogP contribution >= 0.6 is 0 Å². The Labute approximate surface area is 193 Å². The fourth-order valence-electron chi connectivity index (χ4n) is 3.49. The first kappa shape index (κ1) is 28.1. The lowest BCUT2D eigenvalue weighted by atomic mass is 9.72. The first-order valence-corrected chi connectivity index (χ1v) is 10.9. The van der Waals surface area contributed by atoms with E-state index in [4.69, 9.17) is 9.59 Å². The van der Waals surface area contributed by atoms with E-state index in [1.165, 1.54) is 31.0 Å². The van der Waals surface area contributed by atoms with Gasteiger partial charge in [-0.1, -0.05) is 44.9 Å². The van der Waals surface area contributed by atoms with E-state index in [0.717, 1.165) is 30.8 Å². The Morgan fingerprint density at radius 3 is 2.00 bits per heavy atom. The molecule has 1 heterocycles. The van der Waals surface area contributed by atoms with Crippen molar-refractivity contribution in [1.82, 2.24) is 10.2 Å². The van der Waals surface area contributed by atoms with E-state index in [2.05, 4.69) is 24.1 Å². The van der Waals surface area contributed by atoms with Gasteiger partial charge in [-0.2, -0.15) is 9.59 Å². The number of carbonyl (C=O) groups is 1. The van der Waals surface area contributed by atoms with Crippen molar-refractivity contribution in [3.8, 4) is 0 Å². The van der Waals surface area contributed by atoms with E-state index < -0.39 is 28.5 Å². The van der Waals surface area contributed by atoms with Gasteiger partial charge in [0.15, 0.2) is 0 Å². The molecule has 5 nitrogen and oxygen atoms in total. The van der Waals surface area contributed by atoms with Crippen LogP contribution in [-0.2, 0) is 15.0 Å². The number of piperidine rings is 1. The van der Waals surface area contributed by atoms with E-state index >= 15 is 0 Å². The first-order chi connectivity index (χ1) is 15.7. The summed E-state index contributed by atoms with van der Waals surface area (Å²) < 4.78 is 41.4. The number of hydrogen-bond donors (Lipinski definition) is 1. The summed E-state index contributed by atoms with van der Waals surface area (Å²) in [5.74, 6) is -2.93. The number of likely N-dealkylation sites (tertiary alicyclic amines) is 1. The van der Waals surface area contributed by atoms with E-state index in [1.807, 2.05) is 13.1 Å². The maximum absolute atomic E-state index is 13.8. The second-order valence-corrected chi connectivity index (χ2v) is 7.96. The minimum absolute atomic E-state index is 0.191. The van der Waals surface area contributed by atoms with Gasteiger partial charge in [-0.25, -0.2) is 13.2 Å². The number of nitrogens with zero attached hydrogens (tertiary/aromatic N) is 1. The highest BCUT2D eigenvalue weighted by molar-refractivity contribution is 5.94. The lowest BCUT2D eigenvalue weighted by Gasteiger charge is -2.41. The number of nitrogens with one attached hydrogen (secondary N) is 1. The van der Waals surface area contributed by atoms with Crippen molar-refractivity contribution >= 4 is 12.1 Å². The van der Waals surface area contributed by atoms with E-state index in [9.17, 15) is 18.0 Å². The fourth-order valence-corrected chi connectivity index (χ4v) is 3.49. The Kier molecular flexibility index (Phi) is 12.1. The van der Waals surface area contributed by atoms with Gasteiger partial charge in [0, 0.05) is 12.0 Å². The van der Waals surface area contributed by atoms with Crippen molar-refractivity contribution in [3.05, 3.63) is 71.0 Å². The second-order valence-electron chi connectivity index (χ2n) is 7.96. The average Bonchev–Trinajstić information content (AvgIpc) is 2.79. The van der Waals surface area contributed by atoms with Crippen molar-refractivity contribution in [1.29, 1.82) is 0 Å². The predicted octanol–water partition coefficient (Wildman–Crippen LogP) is 4.72. The Hall–Kier alpha value is -2.96. The van der Waals surface area contributed by atoms with Crippen molar-refractivity contribution in [3.63, 3.8) is 0 Å². The van der Waals surface area contributed by atoms with E-state index in [1.54, 1.807) is 6.07 Å². The molecular formula is C25H31F3N2O3. The second kappa shape index (κ2) is 14.2. The Morgan fingerprint density at radius 2 is 1.52 bits per heavy atom. The molecule has 0 aromatic heterocycles. The predicted molar refractivity (Wildman–Crippen MR) is 119 cm³/mol. The molecule has 0 aliphatic carbocycles. The van der Waals surface area contributed by atoms with Gasteiger partial charge in [-0.3, -0.25) is 4.79 Å². The number of amides is 1. The van der Waals surface area contributed by atoms with Gasteiger partial charge in [-0.15, -0.1) is 0 Å². The zero-order valence-electron chi connectivity index (χ0n) is 19.3. The monoisotopic (exact) mass is 464 g/mol. The Bertz CT molecular complexity index is 901. The topological polar surface area (TPSA) is 66.5 Å². The van der Waals surface area contributed by atoms with Crippen molar-refractivity contribution in [2.75, 3.05) is 26.7 Å². The number of benzene rings is 2. The SMILES string of the molecule is CCCC.CN1CCC(CNC(=O)c2c(F)cccc2F)(c2cccc(F)c2)CC1.O=C=O. The third kappa shape index (κ3) is 8.48. The summed E-state index contributed by atoms with van der Waals surface area (Å²) in [5, 5.41) is 2.66. The van der Waals surface area contributed by atoms with Crippen molar-refractivity contribution < 1.29 is 27.6 Å². The molecule has 2 aromatic rings. The minimum atomic E-state index is -0.898. The lowest BCUT2D eigenvalue weighted by molar-refractivity contribution is -0.191. The van der Waals surface area contributed by atoms with Crippen LogP contribution in [0.3, 0.4) is 0 Å². The Morgan fingerprint density at radius 1 is 1.00 bits per heavy atom. The molecule has 3 rings (SSSR count). The standard InChI is InChI=1S/C20H21F3N2O.C4H10.CO2/c1-25-10-8-20(9-11-25,14-4-2-5-15(21)12-14)13-24-19(26)18-16(22)6-3-7-17(18)23;1-3-4-2;2-1-3/h2-7,12H,8-11,13H2,1H3,(H,24,26);3-4H2,1-2H3;. The molecule has 1 saturated heterocycles. The van der Waals surface area contributed by atoms with Crippen LogP contribution in [0.5, 0.6) is 0 Å². The molecule has 1 aliphatic heterocycles. The van der Waals surface area contributed by atoms with E-state index in [0.29, 0.717) is 12.8 Å². The van der Waals surface area contributed by atoms with Crippen LogP contribution in [0.4, 0.5) is 13.2 Å². The highest BCUT2D eigenvalue weighted by atomic mass is 19.1. The van der Waals surface area contributed by atoms with Gasteiger partial charge >= 0.3 is 6.15 Å². The first-order valence-electron chi connectivity index (χ1n) is 10.9. The molecule has 0 bridgehead atoms. The zero-order chi connectivity index (χ0) is 24.9. The highest BCUT2D eigenvalue weighted by Crippen LogP contribution is 2.35. The molecule has 180 valence electrons. The van der Waals surface area contributed by atoms with Gasteiger partial charge in [0.1, 0.15) is 23.0 Å². The molecule has 0 unspecified atom stereocenters. The summed E-state index contributed by atoms with van der Waals surface area (Å²) >= 11 is 0. The van der Waals surface area contributed by atoms with Crippen LogP contribution in [0.25, 0.3) is 0 Å². The van der Waals surface area contributed by atoms with Crippen LogP contribution in [-0.4, -0.2) is 43.6 Å². The summed E-state index contributed by atoms with van der Waals surface area (Å²) in [6, 6.07) is 9.65. The molecule has 0 radical (unpaired) electrons. The highest BCUT2D eigenvalue weighted by Gasteiger charge is 2.36. The quantitative estimate of drug-likeness (QED) is 0.695. The van der Waals surface area contributed by atoms with Gasteiger partial charge < -0.3 is 10.2 Å². The number of carbonyl (C=O) groups excluding carboxylic acids is 3. The molecule has 1 N–H and O–H groups in total. The summed E-state index contributed by atoms with van der Waals surface area (Å²) in [6.45, 7) is 6.14. The average molecular weight is 465 g/mol. The Balaban J connectivity index is 0.000000688. The van der Waals surface area contributed by atoms with Crippen LogP contribution < -0.4 is 5.32 Å². The molecule has 0 atom stereocenters. The summed E-state index contributed by atoms with van der Waals surface area (Å²) in [4.78, 5) is 30.8. The minimum Gasteiger partial charge on any atom is -0.351 e. The van der Waals surface area contributed by atoms with Crippen LogP contribution in [0.15, 0.2) is 42.5 Å². The molecular weight excluding hydrogens is 433 g/mol. The molecule has 33 heavy (non-hydrogen) atoms. The van der Waals surface area contributed by atoms with Gasteiger partial charge in [0.25, 0.3) is 5.91 Å². The maximum atomic E-state index is 13.8. The molecule has 0 saturated carbocycles. The molecule has 8 heteroatoms. The van der Waals surface area contributed by atoms with Gasteiger partial charge in [0.05, 0.1) is 0 Å². The lowest BCUT2D eigenvalue weighted by Crippen LogP contribution is -2.48. The largest absolute Gasteiger partial charge is 0.373 e. The van der Waals surface area contributed by atoms with Crippen LogP contribution in [0, 0.1) is 17.5 Å². The number of rotatable bonds is 5. The third-order valence-electron chi connectivity index (χ3n) is 5.66. The number of unbranched alkanes of at least 4 members (excludes halogenated alkanes) is 1. The fraction of sp³-hybridized carbons (Fsp3) is 0.440. The van der Waals surface area contributed by atoms with Gasteiger partial charge in [-0.05, 0) is 62.8 Å². The van der Waals surface area contributed by atoms with Crippen LogP contribution in [0.1, 0.15) is 55.5 Å². The van der Waals surface area contributed by atoms with E-state index in [-0.39, 0.29) is 18.5 Å². The number of halogens is 3. The molecule has 1 aliphatic rings. The summed E-state index contributed by atoms with van der Waals surface area (Å²) in [5.41, 5.74) is -0.263. The molecule has 1 amide bonds. The summed E-state index contributed by atoms with van der Waals surface area (Å²) in [7, 11) is 2.00. The smallest absolute Gasteiger partial charge is 0.351 e. The zero-order valence-corrected chi connectivity index (χ0v) is 19.3. The number of hydrogen-bond acceptors (Lipinski definition) is 4. The maximum Gasteiger partial charge on any atom is 0.373 e. The normalized spacial score (nSPS) is 14.6.